The summed E-state index contributed by atoms with van der Waals surface area (Å²) in [5.41, 5.74) is 0. The Bertz CT molecular complexity index is 208. The van der Waals surface area contributed by atoms with E-state index in [0.717, 1.165) is 13.0 Å². The summed E-state index contributed by atoms with van der Waals surface area (Å²) in [6.07, 6.45) is 0.754. The molecule has 1 aliphatic rings. The third-order valence-electron chi connectivity index (χ3n) is 2.92. The summed E-state index contributed by atoms with van der Waals surface area (Å²) in [5.74, 6) is -0.585. The lowest BCUT2D eigenvalue weighted by Gasteiger charge is -2.37. The van der Waals surface area contributed by atoms with Crippen LogP contribution in [0, 0.1) is 11.8 Å². The van der Waals surface area contributed by atoms with Crippen molar-refractivity contribution in [1.82, 2.24) is 4.90 Å². The first-order valence-electron chi connectivity index (χ1n) is 5.12. The van der Waals surface area contributed by atoms with E-state index in [1.807, 2.05) is 6.92 Å². The van der Waals surface area contributed by atoms with Gasteiger partial charge in [0, 0.05) is 19.1 Å². The van der Waals surface area contributed by atoms with Crippen LogP contribution < -0.4 is 0 Å². The first kappa shape index (κ1) is 11.5. The second-order valence-electron chi connectivity index (χ2n) is 4.36. The number of likely N-dealkylation sites (tertiary alicyclic amines) is 1. The van der Waals surface area contributed by atoms with E-state index in [2.05, 4.69) is 11.8 Å². The van der Waals surface area contributed by atoms with Crippen molar-refractivity contribution in [1.29, 1.82) is 0 Å². The Hall–Kier alpha value is -0.610. The summed E-state index contributed by atoms with van der Waals surface area (Å²) in [7, 11) is 0. The molecule has 0 saturated carbocycles. The van der Waals surface area contributed by atoms with Crippen LogP contribution in [-0.2, 0) is 4.79 Å². The highest BCUT2D eigenvalue weighted by molar-refractivity contribution is 5.70. The molecule has 3 unspecified atom stereocenters. The summed E-state index contributed by atoms with van der Waals surface area (Å²) in [5, 5.41) is 17.9. The molecule has 0 aliphatic carbocycles. The molecule has 2 N–H and O–H groups in total. The largest absolute Gasteiger partial charge is 0.481 e. The normalized spacial score (nSPS) is 31.4. The lowest BCUT2D eigenvalue weighted by molar-refractivity contribution is -0.144. The highest BCUT2D eigenvalue weighted by atomic mass is 16.4. The molecule has 4 nitrogen and oxygen atoms in total. The van der Waals surface area contributed by atoms with Gasteiger partial charge in [0.15, 0.2) is 0 Å². The third-order valence-corrected chi connectivity index (χ3v) is 2.92. The molecule has 0 aromatic heterocycles. The van der Waals surface area contributed by atoms with Gasteiger partial charge < -0.3 is 10.2 Å². The number of rotatable bonds is 3. The maximum atomic E-state index is 10.9. The van der Waals surface area contributed by atoms with Crippen LogP contribution in [-0.4, -0.2) is 46.8 Å². The number of carboxylic acid groups (broad SMARTS) is 1. The first-order chi connectivity index (χ1) is 6.54. The maximum Gasteiger partial charge on any atom is 0.307 e. The Labute approximate surface area is 84.5 Å². The molecule has 0 amide bonds. The summed E-state index contributed by atoms with van der Waals surface area (Å²) in [6.45, 7) is 5.55. The van der Waals surface area contributed by atoms with Gasteiger partial charge in [0.05, 0.1) is 12.5 Å². The van der Waals surface area contributed by atoms with E-state index in [1.54, 1.807) is 0 Å². The number of aliphatic hydroxyl groups excluding tert-OH is 1. The predicted molar refractivity (Wildman–Crippen MR) is 53.0 cm³/mol. The first-order valence-corrected chi connectivity index (χ1v) is 5.12. The van der Waals surface area contributed by atoms with Gasteiger partial charge in [0.2, 0.25) is 0 Å². The van der Waals surface area contributed by atoms with E-state index in [4.69, 9.17) is 10.2 Å². The van der Waals surface area contributed by atoms with Gasteiger partial charge >= 0.3 is 5.97 Å². The quantitative estimate of drug-likeness (QED) is 0.694. The molecular weight excluding hydrogens is 182 g/mol. The molecule has 1 rings (SSSR count). The van der Waals surface area contributed by atoms with Gasteiger partial charge in [-0.25, -0.2) is 0 Å². The molecule has 1 heterocycles. The summed E-state index contributed by atoms with van der Waals surface area (Å²) < 4.78 is 0. The van der Waals surface area contributed by atoms with Crippen molar-refractivity contribution in [3.05, 3.63) is 0 Å². The van der Waals surface area contributed by atoms with Gasteiger partial charge in [-0.3, -0.25) is 9.69 Å². The molecule has 3 atom stereocenters. The second-order valence-corrected chi connectivity index (χ2v) is 4.36. The van der Waals surface area contributed by atoms with Crippen LogP contribution in [0.25, 0.3) is 0 Å². The zero-order valence-electron chi connectivity index (χ0n) is 8.81. The number of nitrogens with zero attached hydrogens (tertiary/aromatic N) is 1. The van der Waals surface area contributed by atoms with E-state index < -0.39 is 5.97 Å². The summed E-state index contributed by atoms with van der Waals surface area (Å²) in [6, 6.07) is 0.0691. The molecule has 4 heteroatoms. The average molecular weight is 201 g/mol. The van der Waals surface area contributed by atoms with E-state index in [-0.39, 0.29) is 18.6 Å². The zero-order chi connectivity index (χ0) is 10.7. The van der Waals surface area contributed by atoms with Gasteiger partial charge in [0.1, 0.15) is 0 Å². The van der Waals surface area contributed by atoms with Crippen molar-refractivity contribution in [3.63, 3.8) is 0 Å². The molecule has 0 spiro atoms. The van der Waals surface area contributed by atoms with E-state index in [1.165, 1.54) is 0 Å². The highest BCUT2D eigenvalue weighted by Gasteiger charge is 2.31. The van der Waals surface area contributed by atoms with Gasteiger partial charge in [-0.05, 0) is 19.3 Å². The number of carboxylic acids is 1. The number of hydrogen-bond acceptors (Lipinski definition) is 3. The van der Waals surface area contributed by atoms with E-state index >= 15 is 0 Å². The lowest BCUT2D eigenvalue weighted by Crippen LogP contribution is -2.47. The number of hydrogen-bond donors (Lipinski definition) is 2. The smallest absolute Gasteiger partial charge is 0.307 e. The van der Waals surface area contributed by atoms with E-state index in [0.29, 0.717) is 12.5 Å². The number of aliphatic hydroxyl groups is 1. The molecule has 0 aromatic carbocycles. The molecule has 14 heavy (non-hydrogen) atoms. The topological polar surface area (TPSA) is 60.8 Å². The molecule has 1 aliphatic heterocycles. The Balaban J connectivity index is 2.58. The van der Waals surface area contributed by atoms with Gasteiger partial charge in [-0.15, -0.1) is 0 Å². The van der Waals surface area contributed by atoms with E-state index in [9.17, 15) is 4.79 Å². The highest BCUT2D eigenvalue weighted by Crippen LogP contribution is 2.23. The Kier molecular flexibility index (Phi) is 3.89. The van der Waals surface area contributed by atoms with Crippen molar-refractivity contribution in [2.75, 3.05) is 19.7 Å². The SMILES string of the molecule is CC1CC(C(=O)O)CN(C(C)CO)C1. The number of piperidine rings is 1. The summed E-state index contributed by atoms with van der Waals surface area (Å²) in [4.78, 5) is 12.9. The van der Waals surface area contributed by atoms with Crippen molar-refractivity contribution >= 4 is 5.97 Å². The minimum atomic E-state index is -0.716. The average Bonchev–Trinajstić information content (AvgIpc) is 2.15. The Morgan fingerprint density at radius 1 is 1.57 bits per heavy atom. The van der Waals surface area contributed by atoms with Crippen LogP contribution in [0.3, 0.4) is 0 Å². The van der Waals surface area contributed by atoms with Crippen molar-refractivity contribution in [2.24, 2.45) is 11.8 Å². The Morgan fingerprint density at radius 3 is 2.71 bits per heavy atom. The second kappa shape index (κ2) is 4.75. The molecule has 1 fully saturated rings. The minimum Gasteiger partial charge on any atom is -0.481 e. The van der Waals surface area contributed by atoms with Gasteiger partial charge in [-0.1, -0.05) is 6.92 Å². The molecule has 0 bridgehead atoms. The van der Waals surface area contributed by atoms with Crippen LogP contribution in [0.4, 0.5) is 0 Å². The number of carbonyl (C=O) groups is 1. The van der Waals surface area contributed by atoms with Gasteiger partial charge in [-0.2, -0.15) is 0 Å². The zero-order valence-corrected chi connectivity index (χ0v) is 8.81. The summed E-state index contributed by atoms with van der Waals surface area (Å²) >= 11 is 0. The van der Waals surface area contributed by atoms with Crippen LogP contribution >= 0.6 is 0 Å². The predicted octanol–water partition coefficient (Wildman–Crippen LogP) is 0.410. The molecule has 1 saturated heterocycles. The molecular formula is C10H19NO3. The fraction of sp³-hybridized carbons (Fsp3) is 0.900. The van der Waals surface area contributed by atoms with Crippen LogP contribution in [0.2, 0.25) is 0 Å². The fourth-order valence-electron chi connectivity index (χ4n) is 2.05. The maximum absolute atomic E-state index is 10.9. The molecule has 82 valence electrons. The third kappa shape index (κ3) is 2.69. The van der Waals surface area contributed by atoms with Crippen LogP contribution in [0.1, 0.15) is 20.3 Å². The van der Waals surface area contributed by atoms with Crippen molar-refractivity contribution in [2.45, 2.75) is 26.3 Å². The fourth-order valence-corrected chi connectivity index (χ4v) is 2.05. The van der Waals surface area contributed by atoms with Crippen molar-refractivity contribution in [3.8, 4) is 0 Å². The Morgan fingerprint density at radius 2 is 2.21 bits per heavy atom. The minimum absolute atomic E-state index is 0.0691. The monoisotopic (exact) mass is 201 g/mol. The molecule has 0 aromatic rings. The number of aliphatic carboxylic acids is 1. The standard InChI is InChI=1S/C10H19NO3/c1-7-3-9(10(13)14)5-11(4-7)8(2)6-12/h7-9,12H,3-6H2,1-2H3,(H,13,14). The van der Waals surface area contributed by atoms with Crippen molar-refractivity contribution < 1.29 is 15.0 Å². The van der Waals surface area contributed by atoms with Gasteiger partial charge in [0.25, 0.3) is 0 Å². The van der Waals surface area contributed by atoms with Crippen LogP contribution in [0.15, 0.2) is 0 Å². The van der Waals surface area contributed by atoms with Crippen LogP contribution in [0.5, 0.6) is 0 Å². The molecule has 0 radical (unpaired) electrons. The lowest BCUT2D eigenvalue weighted by atomic mass is 9.90.